The molecule has 0 aliphatic heterocycles. The summed E-state index contributed by atoms with van der Waals surface area (Å²) in [5.41, 5.74) is 2.65. The lowest BCUT2D eigenvalue weighted by atomic mass is 10.1. The summed E-state index contributed by atoms with van der Waals surface area (Å²) >= 11 is 0. The summed E-state index contributed by atoms with van der Waals surface area (Å²) in [4.78, 5) is 2.33. The van der Waals surface area contributed by atoms with Crippen LogP contribution in [0.3, 0.4) is 0 Å². The van der Waals surface area contributed by atoms with E-state index in [0.29, 0.717) is 12.1 Å². The third-order valence-corrected chi connectivity index (χ3v) is 3.31. The Morgan fingerprint density at radius 3 is 2.18 bits per heavy atom. The highest BCUT2D eigenvalue weighted by molar-refractivity contribution is 5.47. The van der Waals surface area contributed by atoms with E-state index in [0.717, 1.165) is 6.54 Å². The van der Waals surface area contributed by atoms with E-state index in [1.54, 1.807) is 0 Å². The molecular formula is C15H26N2. The summed E-state index contributed by atoms with van der Waals surface area (Å²) in [6.07, 6.45) is 1.17. The second-order valence-corrected chi connectivity index (χ2v) is 5.07. The van der Waals surface area contributed by atoms with Gasteiger partial charge in [0.05, 0.1) is 0 Å². The van der Waals surface area contributed by atoms with Gasteiger partial charge in [0.2, 0.25) is 0 Å². The molecule has 0 bridgehead atoms. The van der Waals surface area contributed by atoms with Crippen molar-refractivity contribution in [1.29, 1.82) is 0 Å². The zero-order valence-electron chi connectivity index (χ0n) is 11.8. The first-order chi connectivity index (χ1) is 8.04. The SMILES string of the molecule is CCC(C)N(C)c1ccc(CNC(C)C)cc1. The van der Waals surface area contributed by atoms with Crippen molar-refractivity contribution in [3.63, 3.8) is 0 Å². The number of benzene rings is 1. The van der Waals surface area contributed by atoms with Crippen LogP contribution < -0.4 is 10.2 Å². The van der Waals surface area contributed by atoms with E-state index in [1.807, 2.05) is 0 Å². The van der Waals surface area contributed by atoms with E-state index in [1.165, 1.54) is 17.7 Å². The van der Waals surface area contributed by atoms with Crippen molar-refractivity contribution < 1.29 is 0 Å². The molecule has 1 aromatic carbocycles. The average Bonchev–Trinajstić information content (AvgIpc) is 2.35. The van der Waals surface area contributed by atoms with Crippen molar-refractivity contribution >= 4 is 5.69 Å². The van der Waals surface area contributed by atoms with E-state index in [-0.39, 0.29) is 0 Å². The molecule has 2 nitrogen and oxygen atoms in total. The highest BCUT2D eigenvalue weighted by Gasteiger charge is 2.07. The summed E-state index contributed by atoms with van der Waals surface area (Å²) in [5, 5.41) is 3.43. The first-order valence-electron chi connectivity index (χ1n) is 6.59. The Labute approximate surface area is 106 Å². The molecule has 0 aliphatic rings. The molecule has 0 radical (unpaired) electrons. The molecule has 17 heavy (non-hydrogen) atoms. The van der Waals surface area contributed by atoms with E-state index in [2.05, 4.69) is 69.2 Å². The first kappa shape index (κ1) is 14.0. The minimum Gasteiger partial charge on any atom is -0.372 e. The van der Waals surface area contributed by atoms with Crippen LogP contribution in [-0.4, -0.2) is 19.1 Å². The molecule has 1 unspecified atom stereocenters. The maximum absolute atomic E-state index is 3.43. The van der Waals surface area contributed by atoms with Crippen molar-refractivity contribution in [2.24, 2.45) is 0 Å². The van der Waals surface area contributed by atoms with Crippen LogP contribution in [0, 0.1) is 0 Å². The fourth-order valence-corrected chi connectivity index (χ4v) is 1.70. The molecule has 0 fully saturated rings. The van der Waals surface area contributed by atoms with E-state index >= 15 is 0 Å². The maximum atomic E-state index is 3.43. The van der Waals surface area contributed by atoms with Gasteiger partial charge in [-0.15, -0.1) is 0 Å². The average molecular weight is 234 g/mol. The summed E-state index contributed by atoms with van der Waals surface area (Å²) in [7, 11) is 2.16. The van der Waals surface area contributed by atoms with Gasteiger partial charge in [-0.25, -0.2) is 0 Å². The third-order valence-electron chi connectivity index (χ3n) is 3.31. The van der Waals surface area contributed by atoms with Crippen molar-refractivity contribution in [2.45, 2.75) is 52.7 Å². The van der Waals surface area contributed by atoms with Gasteiger partial charge in [-0.05, 0) is 31.0 Å². The second kappa shape index (κ2) is 6.65. The molecule has 0 saturated heterocycles. The number of hydrogen-bond donors (Lipinski definition) is 1. The van der Waals surface area contributed by atoms with E-state index < -0.39 is 0 Å². The van der Waals surface area contributed by atoms with Gasteiger partial charge in [-0.1, -0.05) is 32.9 Å². The van der Waals surface area contributed by atoms with Crippen LogP contribution >= 0.6 is 0 Å². The van der Waals surface area contributed by atoms with Crippen molar-refractivity contribution in [2.75, 3.05) is 11.9 Å². The predicted molar refractivity (Wildman–Crippen MR) is 76.6 cm³/mol. The van der Waals surface area contributed by atoms with Gasteiger partial charge in [0.25, 0.3) is 0 Å². The molecule has 0 aliphatic carbocycles. The van der Waals surface area contributed by atoms with Gasteiger partial charge in [0.1, 0.15) is 0 Å². The molecule has 1 rings (SSSR count). The summed E-state index contributed by atoms with van der Waals surface area (Å²) in [5.74, 6) is 0. The van der Waals surface area contributed by atoms with Gasteiger partial charge in [0, 0.05) is 31.4 Å². The Kier molecular flexibility index (Phi) is 5.49. The molecule has 96 valence electrons. The normalized spacial score (nSPS) is 12.8. The maximum Gasteiger partial charge on any atom is 0.0366 e. The quantitative estimate of drug-likeness (QED) is 0.811. The summed E-state index contributed by atoms with van der Waals surface area (Å²) < 4.78 is 0. The Morgan fingerprint density at radius 1 is 1.12 bits per heavy atom. The summed E-state index contributed by atoms with van der Waals surface area (Å²) in [6.45, 7) is 9.78. The number of nitrogens with one attached hydrogen (secondary N) is 1. The molecule has 0 heterocycles. The zero-order chi connectivity index (χ0) is 12.8. The molecule has 2 heteroatoms. The molecule has 1 aromatic rings. The minimum atomic E-state index is 0.539. The van der Waals surface area contributed by atoms with Crippen LogP contribution in [0.5, 0.6) is 0 Å². The standard InChI is InChI=1S/C15H26N2/c1-6-13(4)17(5)15-9-7-14(8-10-15)11-16-12(2)3/h7-10,12-13,16H,6,11H2,1-5H3. The molecule has 0 spiro atoms. The van der Waals surface area contributed by atoms with Crippen LogP contribution in [0.1, 0.15) is 39.7 Å². The minimum absolute atomic E-state index is 0.539. The third kappa shape index (κ3) is 4.39. The van der Waals surface area contributed by atoms with Crippen LogP contribution in [0.2, 0.25) is 0 Å². The van der Waals surface area contributed by atoms with Gasteiger partial charge >= 0.3 is 0 Å². The van der Waals surface area contributed by atoms with Gasteiger partial charge in [0.15, 0.2) is 0 Å². The lowest BCUT2D eigenvalue weighted by molar-refractivity contribution is 0.589. The smallest absolute Gasteiger partial charge is 0.0366 e. The van der Waals surface area contributed by atoms with Crippen LogP contribution in [0.25, 0.3) is 0 Å². The van der Waals surface area contributed by atoms with Gasteiger partial charge in [-0.3, -0.25) is 0 Å². The largest absolute Gasteiger partial charge is 0.372 e. The van der Waals surface area contributed by atoms with Gasteiger partial charge < -0.3 is 10.2 Å². The van der Waals surface area contributed by atoms with Crippen molar-refractivity contribution in [1.82, 2.24) is 5.32 Å². The summed E-state index contributed by atoms with van der Waals surface area (Å²) in [6, 6.07) is 9.98. The molecule has 0 saturated carbocycles. The van der Waals surface area contributed by atoms with Crippen molar-refractivity contribution in [3.05, 3.63) is 29.8 Å². The van der Waals surface area contributed by atoms with Crippen molar-refractivity contribution in [3.8, 4) is 0 Å². The second-order valence-electron chi connectivity index (χ2n) is 5.07. The molecule has 1 N–H and O–H groups in total. The topological polar surface area (TPSA) is 15.3 Å². The van der Waals surface area contributed by atoms with E-state index in [9.17, 15) is 0 Å². The number of hydrogen-bond acceptors (Lipinski definition) is 2. The lowest BCUT2D eigenvalue weighted by Gasteiger charge is -2.26. The van der Waals surface area contributed by atoms with Crippen LogP contribution in [0.4, 0.5) is 5.69 Å². The highest BCUT2D eigenvalue weighted by Crippen LogP contribution is 2.17. The van der Waals surface area contributed by atoms with E-state index in [4.69, 9.17) is 0 Å². The predicted octanol–water partition coefficient (Wildman–Crippen LogP) is 3.42. The molecular weight excluding hydrogens is 208 g/mol. The highest BCUT2D eigenvalue weighted by atomic mass is 15.1. The molecule has 1 atom stereocenters. The van der Waals surface area contributed by atoms with Crippen LogP contribution in [-0.2, 0) is 6.54 Å². The fourth-order valence-electron chi connectivity index (χ4n) is 1.70. The Hall–Kier alpha value is -1.02. The molecule has 0 amide bonds. The monoisotopic (exact) mass is 234 g/mol. The number of anilines is 1. The Morgan fingerprint density at radius 2 is 1.71 bits per heavy atom. The van der Waals surface area contributed by atoms with Gasteiger partial charge in [-0.2, -0.15) is 0 Å². The Bertz CT molecular complexity index is 316. The lowest BCUT2D eigenvalue weighted by Crippen LogP contribution is -2.28. The number of nitrogens with zero attached hydrogens (tertiary/aromatic N) is 1. The van der Waals surface area contributed by atoms with Crippen LogP contribution in [0.15, 0.2) is 24.3 Å². The fraction of sp³-hybridized carbons (Fsp3) is 0.600. The first-order valence-corrected chi connectivity index (χ1v) is 6.59. The number of rotatable bonds is 6. The zero-order valence-corrected chi connectivity index (χ0v) is 11.8. The molecule has 0 aromatic heterocycles. The Balaban J connectivity index is 2.61.